The molecule has 1 nitrogen and oxygen atoms in total. The number of hydrogen-bond donors (Lipinski definition) is 1. The fourth-order valence-corrected chi connectivity index (χ4v) is 2.90. The van der Waals surface area contributed by atoms with Gasteiger partial charge in [0.2, 0.25) is 0 Å². The highest BCUT2D eigenvalue weighted by molar-refractivity contribution is 5.34. The monoisotopic (exact) mass is 271 g/mol. The van der Waals surface area contributed by atoms with E-state index in [1.165, 1.54) is 0 Å². The predicted molar refractivity (Wildman–Crippen MR) is 69.8 cm³/mol. The number of alkyl halides is 3. The quantitative estimate of drug-likeness (QED) is 0.813. The van der Waals surface area contributed by atoms with Crippen LogP contribution in [-0.4, -0.2) is 6.18 Å². The van der Waals surface area contributed by atoms with Gasteiger partial charge in [0.1, 0.15) is 0 Å². The van der Waals surface area contributed by atoms with Crippen molar-refractivity contribution >= 4 is 0 Å². The zero-order valence-electron chi connectivity index (χ0n) is 11.3. The van der Waals surface area contributed by atoms with Crippen molar-refractivity contribution in [2.75, 3.05) is 0 Å². The molecule has 1 aromatic carbocycles. The van der Waals surface area contributed by atoms with E-state index in [0.717, 1.165) is 16.7 Å². The maximum absolute atomic E-state index is 12.9. The van der Waals surface area contributed by atoms with Crippen LogP contribution >= 0.6 is 0 Å². The summed E-state index contributed by atoms with van der Waals surface area (Å²) >= 11 is 0. The molecule has 2 N–H and O–H groups in total. The molecular weight excluding hydrogens is 251 g/mol. The Balaban J connectivity index is 2.28. The molecule has 1 aliphatic rings. The summed E-state index contributed by atoms with van der Waals surface area (Å²) in [4.78, 5) is 0. The summed E-state index contributed by atoms with van der Waals surface area (Å²) in [5.74, 6) is -1.27. The molecule has 0 heterocycles. The van der Waals surface area contributed by atoms with Gasteiger partial charge in [0.15, 0.2) is 0 Å². The topological polar surface area (TPSA) is 26.0 Å². The van der Waals surface area contributed by atoms with Crippen molar-refractivity contribution in [3.05, 3.63) is 34.9 Å². The lowest BCUT2D eigenvalue weighted by atomic mass is 9.72. The molecular formula is C15H20F3N. The molecule has 106 valence electrons. The Kier molecular flexibility index (Phi) is 3.65. The normalized spacial score (nSPS) is 28.4. The van der Waals surface area contributed by atoms with E-state index in [-0.39, 0.29) is 12.8 Å². The molecule has 0 aliphatic heterocycles. The smallest absolute Gasteiger partial charge is 0.321 e. The average Bonchev–Trinajstić information content (AvgIpc) is 2.31. The molecule has 1 aromatic rings. The first kappa shape index (κ1) is 14.4. The van der Waals surface area contributed by atoms with Gasteiger partial charge in [0, 0.05) is 5.54 Å². The van der Waals surface area contributed by atoms with Crippen LogP contribution < -0.4 is 5.73 Å². The van der Waals surface area contributed by atoms with E-state index in [2.05, 4.69) is 0 Å². The van der Waals surface area contributed by atoms with E-state index in [1.54, 1.807) is 0 Å². The molecule has 2 rings (SSSR count). The van der Waals surface area contributed by atoms with Gasteiger partial charge in [-0.3, -0.25) is 0 Å². The Morgan fingerprint density at radius 2 is 1.89 bits per heavy atom. The van der Waals surface area contributed by atoms with Crippen molar-refractivity contribution in [3.63, 3.8) is 0 Å². The minimum Gasteiger partial charge on any atom is -0.321 e. The molecule has 4 heteroatoms. The molecule has 0 saturated heterocycles. The predicted octanol–water partition coefficient (Wildman–Crippen LogP) is 4.21. The first-order valence-corrected chi connectivity index (χ1v) is 6.66. The molecule has 19 heavy (non-hydrogen) atoms. The third kappa shape index (κ3) is 2.94. The van der Waals surface area contributed by atoms with Gasteiger partial charge < -0.3 is 5.73 Å². The highest BCUT2D eigenvalue weighted by Crippen LogP contribution is 2.44. The van der Waals surface area contributed by atoms with Crippen molar-refractivity contribution in [1.29, 1.82) is 0 Å². The summed E-state index contributed by atoms with van der Waals surface area (Å²) in [7, 11) is 0. The minimum atomic E-state index is -4.13. The van der Waals surface area contributed by atoms with E-state index in [9.17, 15) is 13.2 Å². The largest absolute Gasteiger partial charge is 0.391 e. The van der Waals surface area contributed by atoms with Crippen molar-refractivity contribution < 1.29 is 13.2 Å². The van der Waals surface area contributed by atoms with Gasteiger partial charge in [-0.1, -0.05) is 24.6 Å². The average molecular weight is 271 g/mol. The summed E-state index contributed by atoms with van der Waals surface area (Å²) in [5.41, 5.74) is 8.50. The second-order valence-electron chi connectivity index (χ2n) is 5.79. The number of nitrogens with two attached hydrogens (primary N) is 1. The van der Waals surface area contributed by atoms with E-state index in [0.29, 0.717) is 12.8 Å². The lowest BCUT2D eigenvalue weighted by Gasteiger charge is -2.39. The van der Waals surface area contributed by atoms with E-state index < -0.39 is 17.6 Å². The Labute approximate surface area is 112 Å². The summed E-state index contributed by atoms with van der Waals surface area (Å²) in [6.07, 6.45) is -2.77. The lowest BCUT2D eigenvalue weighted by Crippen LogP contribution is -2.44. The number of rotatable bonds is 1. The highest BCUT2D eigenvalue weighted by Gasteiger charge is 2.46. The van der Waals surface area contributed by atoms with Gasteiger partial charge in [0.05, 0.1) is 5.92 Å². The van der Waals surface area contributed by atoms with Crippen molar-refractivity contribution in [1.82, 2.24) is 0 Å². The van der Waals surface area contributed by atoms with E-state index in [1.807, 2.05) is 32.0 Å². The van der Waals surface area contributed by atoms with E-state index in [4.69, 9.17) is 5.73 Å². The Bertz CT molecular complexity index is 467. The fraction of sp³-hybridized carbons (Fsp3) is 0.600. The summed E-state index contributed by atoms with van der Waals surface area (Å²) in [6.45, 7) is 3.95. The van der Waals surface area contributed by atoms with Crippen LogP contribution in [0.3, 0.4) is 0 Å². The zero-order valence-corrected chi connectivity index (χ0v) is 11.3. The molecule has 2 unspecified atom stereocenters. The van der Waals surface area contributed by atoms with Gasteiger partial charge >= 0.3 is 6.18 Å². The molecule has 0 radical (unpaired) electrons. The van der Waals surface area contributed by atoms with Crippen LogP contribution in [0.1, 0.15) is 42.4 Å². The lowest BCUT2D eigenvalue weighted by molar-refractivity contribution is -0.187. The number of hydrogen-bond acceptors (Lipinski definition) is 1. The molecule has 0 spiro atoms. The maximum Gasteiger partial charge on any atom is 0.391 e. The zero-order chi connectivity index (χ0) is 14.3. The maximum atomic E-state index is 12.9. The van der Waals surface area contributed by atoms with Gasteiger partial charge in [-0.05, 0) is 49.8 Å². The molecule has 1 fully saturated rings. The van der Waals surface area contributed by atoms with Crippen LogP contribution in [0.25, 0.3) is 0 Å². The van der Waals surface area contributed by atoms with Crippen molar-refractivity contribution in [2.45, 2.75) is 51.2 Å². The molecule has 2 atom stereocenters. The fourth-order valence-electron chi connectivity index (χ4n) is 2.90. The number of aryl methyl sites for hydroxylation is 2. The molecule has 0 amide bonds. The van der Waals surface area contributed by atoms with Crippen LogP contribution in [0.4, 0.5) is 13.2 Å². The van der Waals surface area contributed by atoms with Crippen molar-refractivity contribution in [2.24, 2.45) is 11.7 Å². The minimum absolute atomic E-state index is 0.000991. The number of benzene rings is 1. The molecule has 1 saturated carbocycles. The van der Waals surface area contributed by atoms with Crippen molar-refractivity contribution in [3.8, 4) is 0 Å². The van der Waals surface area contributed by atoms with Gasteiger partial charge in [-0.25, -0.2) is 0 Å². The Morgan fingerprint density at radius 3 is 2.47 bits per heavy atom. The van der Waals surface area contributed by atoms with Crippen LogP contribution in [0, 0.1) is 19.8 Å². The van der Waals surface area contributed by atoms with E-state index >= 15 is 0 Å². The third-order valence-corrected chi connectivity index (χ3v) is 4.33. The summed E-state index contributed by atoms with van der Waals surface area (Å²) < 4.78 is 38.7. The SMILES string of the molecule is Cc1ccc(C2(N)CCCC(C(F)(F)F)C2)cc1C. The first-order chi connectivity index (χ1) is 8.72. The van der Waals surface area contributed by atoms with Gasteiger partial charge in [0.25, 0.3) is 0 Å². The highest BCUT2D eigenvalue weighted by atomic mass is 19.4. The molecule has 0 aromatic heterocycles. The van der Waals surface area contributed by atoms with Gasteiger partial charge in [-0.2, -0.15) is 13.2 Å². The Morgan fingerprint density at radius 1 is 1.21 bits per heavy atom. The second kappa shape index (κ2) is 4.82. The second-order valence-corrected chi connectivity index (χ2v) is 5.79. The summed E-state index contributed by atoms with van der Waals surface area (Å²) in [6, 6.07) is 5.76. The first-order valence-electron chi connectivity index (χ1n) is 6.66. The third-order valence-electron chi connectivity index (χ3n) is 4.33. The van der Waals surface area contributed by atoms with Gasteiger partial charge in [-0.15, -0.1) is 0 Å². The Hall–Kier alpha value is -1.03. The molecule has 1 aliphatic carbocycles. The van der Waals surface area contributed by atoms with Crippen LogP contribution in [0.2, 0.25) is 0 Å². The number of halogens is 3. The van der Waals surface area contributed by atoms with Crippen LogP contribution in [0.5, 0.6) is 0 Å². The van der Waals surface area contributed by atoms with Crippen LogP contribution in [0.15, 0.2) is 18.2 Å². The standard InChI is InChI=1S/C15H20F3N/c1-10-5-6-12(8-11(10)2)14(19)7-3-4-13(9-14)15(16,17)18/h5-6,8,13H,3-4,7,9,19H2,1-2H3. The molecule has 0 bridgehead atoms. The van der Waals surface area contributed by atoms with Crippen LogP contribution in [-0.2, 0) is 5.54 Å². The summed E-state index contributed by atoms with van der Waals surface area (Å²) in [5, 5.41) is 0.